The largest absolute Gasteiger partial charge is 0.481 e. The van der Waals surface area contributed by atoms with E-state index in [0.717, 1.165) is 0 Å². The van der Waals surface area contributed by atoms with Gasteiger partial charge in [0, 0.05) is 1.37 Å². The SMILES string of the molecule is [2H]C1C=CCC(C(=O)O)C1. The van der Waals surface area contributed by atoms with Crippen molar-refractivity contribution in [2.75, 3.05) is 0 Å². The topological polar surface area (TPSA) is 37.3 Å². The fourth-order valence-electron chi connectivity index (χ4n) is 0.880. The zero-order valence-corrected chi connectivity index (χ0v) is 5.08. The Kier molecular flexibility index (Phi) is 1.49. The van der Waals surface area contributed by atoms with E-state index < -0.39 is 5.97 Å². The second-order valence-corrected chi connectivity index (χ2v) is 2.17. The van der Waals surface area contributed by atoms with Crippen LogP contribution in [0.15, 0.2) is 12.2 Å². The van der Waals surface area contributed by atoms with Gasteiger partial charge in [-0.1, -0.05) is 12.2 Å². The summed E-state index contributed by atoms with van der Waals surface area (Å²) in [6.45, 7) is 0. The van der Waals surface area contributed by atoms with Crippen LogP contribution in [0.3, 0.4) is 0 Å². The monoisotopic (exact) mass is 127 g/mol. The maximum absolute atomic E-state index is 10.4. The van der Waals surface area contributed by atoms with Gasteiger partial charge in [-0.15, -0.1) is 0 Å². The van der Waals surface area contributed by atoms with E-state index in [2.05, 4.69) is 0 Å². The summed E-state index contributed by atoms with van der Waals surface area (Å²) in [7, 11) is 0. The van der Waals surface area contributed by atoms with Crippen LogP contribution in [-0.4, -0.2) is 11.1 Å². The Morgan fingerprint density at radius 2 is 2.56 bits per heavy atom. The first kappa shape index (κ1) is 5.03. The van der Waals surface area contributed by atoms with E-state index in [0.29, 0.717) is 12.8 Å². The Morgan fingerprint density at radius 1 is 1.78 bits per heavy atom. The number of carboxylic acid groups (broad SMARTS) is 1. The molecule has 0 fully saturated rings. The van der Waals surface area contributed by atoms with Gasteiger partial charge in [-0.2, -0.15) is 0 Å². The van der Waals surface area contributed by atoms with Crippen molar-refractivity contribution in [3.63, 3.8) is 0 Å². The molecule has 0 radical (unpaired) electrons. The fourth-order valence-corrected chi connectivity index (χ4v) is 0.880. The predicted octanol–water partition coefficient (Wildman–Crippen LogP) is 1.43. The summed E-state index contributed by atoms with van der Waals surface area (Å²) >= 11 is 0. The molecule has 1 aliphatic carbocycles. The molecule has 0 aromatic rings. The van der Waals surface area contributed by atoms with E-state index in [9.17, 15) is 4.79 Å². The van der Waals surface area contributed by atoms with Gasteiger partial charge in [0.15, 0.2) is 0 Å². The zero-order valence-electron chi connectivity index (χ0n) is 6.08. The number of hydrogen-bond donors (Lipinski definition) is 1. The van der Waals surface area contributed by atoms with Crippen LogP contribution in [0.25, 0.3) is 0 Å². The third-order valence-corrected chi connectivity index (χ3v) is 1.46. The van der Waals surface area contributed by atoms with Crippen LogP contribution < -0.4 is 0 Å². The summed E-state index contributed by atoms with van der Waals surface area (Å²) in [6.07, 6.45) is 4.27. The molecule has 9 heavy (non-hydrogen) atoms. The van der Waals surface area contributed by atoms with Gasteiger partial charge in [0.05, 0.1) is 5.92 Å². The van der Waals surface area contributed by atoms with Crippen LogP contribution >= 0.6 is 0 Å². The standard InChI is InChI=1S/C7H10O2/c8-7(9)6-4-2-1-3-5-6/h1-2,6H,3-5H2,(H,8,9)/i3D. The minimum atomic E-state index is -0.776. The van der Waals surface area contributed by atoms with Crippen molar-refractivity contribution < 1.29 is 11.3 Å². The molecule has 0 aliphatic heterocycles. The van der Waals surface area contributed by atoms with Gasteiger partial charge in [0.1, 0.15) is 0 Å². The lowest BCUT2D eigenvalue weighted by atomic mass is 9.95. The molecule has 0 aromatic heterocycles. The smallest absolute Gasteiger partial charge is 0.306 e. The van der Waals surface area contributed by atoms with E-state index in [4.69, 9.17) is 6.48 Å². The lowest BCUT2D eigenvalue weighted by Crippen LogP contribution is -2.13. The molecule has 2 heteroatoms. The third-order valence-electron chi connectivity index (χ3n) is 1.46. The number of carboxylic acids is 1. The van der Waals surface area contributed by atoms with E-state index in [1.54, 1.807) is 12.2 Å². The highest BCUT2D eigenvalue weighted by Crippen LogP contribution is 2.17. The molecule has 0 amide bonds. The average Bonchev–Trinajstić information content (AvgIpc) is 1.88. The molecule has 2 nitrogen and oxygen atoms in total. The molecule has 0 aromatic carbocycles. The lowest BCUT2D eigenvalue weighted by Gasteiger charge is -2.11. The number of carbonyl (C=O) groups is 1. The van der Waals surface area contributed by atoms with E-state index in [-0.39, 0.29) is 12.3 Å². The maximum atomic E-state index is 10.4. The molecule has 2 unspecified atom stereocenters. The molecule has 0 bridgehead atoms. The minimum absolute atomic E-state index is 0.310. The van der Waals surface area contributed by atoms with E-state index >= 15 is 0 Å². The normalized spacial score (nSPS) is 35.8. The highest BCUT2D eigenvalue weighted by Gasteiger charge is 2.16. The Labute approximate surface area is 55.6 Å². The molecular weight excluding hydrogens is 116 g/mol. The molecule has 0 saturated carbocycles. The first-order valence-electron chi connectivity index (χ1n) is 3.59. The Hall–Kier alpha value is -0.790. The number of aliphatic carboxylic acids is 1. The minimum Gasteiger partial charge on any atom is -0.481 e. The van der Waals surface area contributed by atoms with Crippen LogP contribution in [0.2, 0.25) is 0 Å². The summed E-state index contributed by atoms with van der Waals surface area (Å²) < 4.78 is 7.25. The van der Waals surface area contributed by atoms with Gasteiger partial charge >= 0.3 is 5.97 Å². The van der Waals surface area contributed by atoms with Gasteiger partial charge in [-0.3, -0.25) is 4.79 Å². The summed E-state index contributed by atoms with van der Waals surface area (Å²) in [6, 6.07) is 0. The summed E-state index contributed by atoms with van der Waals surface area (Å²) in [5, 5.41) is 8.54. The van der Waals surface area contributed by atoms with Crippen LogP contribution in [0.5, 0.6) is 0 Å². The molecular formula is C7H10O2. The number of rotatable bonds is 1. The number of hydrogen-bond acceptors (Lipinski definition) is 1. The average molecular weight is 127 g/mol. The van der Waals surface area contributed by atoms with Crippen molar-refractivity contribution in [1.82, 2.24) is 0 Å². The summed E-state index contributed by atoms with van der Waals surface area (Å²) in [4.78, 5) is 10.4. The molecule has 0 heterocycles. The highest BCUT2D eigenvalue weighted by molar-refractivity contribution is 5.70. The van der Waals surface area contributed by atoms with Gasteiger partial charge in [0.2, 0.25) is 0 Å². The molecule has 2 atom stereocenters. The molecule has 50 valence electrons. The summed E-state index contributed by atoms with van der Waals surface area (Å²) in [5.74, 6) is -1.10. The second kappa shape index (κ2) is 2.67. The van der Waals surface area contributed by atoms with Crippen molar-refractivity contribution in [3.05, 3.63) is 12.2 Å². The highest BCUT2D eigenvalue weighted by atomic mass is 16.4. The quantitative estimate of drug-likeness (QED) is 0.541. The van der Waals surface area contributed by atoms with Crippen molar-refractivity contribution >= 4 is 5.97 Å². The zero-order chi connectivity index (χ0) is 7.56. The van der Waals surface area contributed by atoms with Crippen molar-refractivity contribution in [2.24, 2.45) is 5.92 Å². The molecule has 0 saturated heterocycles. The van der Waals surface area contributed by atoms with Crippen LogP contribution in [0.1, 0.15) is 20.6 Å². The lowest BCUT2D eigenvalue weighted by molar-refractivity contribution is -0.141. The summed E-state index contributed by atoms with van der Waals surface area (Å²) in [5.41, 5.74) is 0. The first-order chi connectivity index (χ1) is 4.70. The van der Waals surface area contributed by atoms with E-state index in [1.165, 1.54) is 0 Å². The van der Waals surface area contributed by atoms with Crippen molar-refractivity contribution in [3.8, 4) is 0 Å². The van der Waals surface area contributed by atoms with Crippen LogP contribution in [0.4, 0.5) is 0 Å². The van der Waals surface area contributed by atoms with Gasteiger partial charge in [-0.25, -0.2) is 0 Å². The van der Waals surface area contributed by atoms with Gasteiger partial charge < -0.3 is 5.11 Å². The van der Waals surface area contributed by atoms with Crippen LogP contribution in [0, 0.1) is 5.92 Å². The third kappa shape index (κ3) is 1.56. The Bertz CT molecular complexity index is 165. The first-order valence-corrected chi connectivity index (χ1v) is 3.02. The Balaban J connectivity index is 2.52. The van der Waals surface area contributed by atoms with Gasteiger partial charge in [-0.05, 0) is 19.2 Å². The molecule has 0 spiro atoms. The second-order valence-electron chi connectivity index (χ2n) is 2.17. The molecule has 1 aliphatic rings. The van der Waals surface area contributed by atoms with E-state index in [1.807, 2.05) is 0 Å². The maximum Gasteiger partial charge on any atom is 0.306 e. The van der Waals surface area contributed by atoms with Crippen molar-refractivity contribution in [1.29, 1.82) is 0 Å². The number of allylic oxidation sites excluding steroid dienone is 2. The molecule has 1 N–H and O–H groups in total. The van der Waals surface area contributed by atoms with Gasteiger partial charge in [0.25, 0.3) is 0 Å². The fraction of sp³-hybridized carbons (Fsp3) is 0.571. The molecule has 1 rings (SSSR count). The predicted molar refractivity (Wildman–Crippen MR) is 34.1 cm³/mol. The Morgan fingerprint density at radius 3 is 3.00 bits per heavy atom. The van der Waals surface area contributed by atoms with Crippen molar-refractivity contribution in [2.45, 2.75) is 19.2 Å². The van der Waals surface area contributed by atoms with Crippen LogP contribution in [-0.2, 0) is 4.79 Å².